The van der Waals surface area contributed by atoms with E-state index in [1.54, 1.807) is 0 Å². The predicted molar refractivity (Wildman–Crippen MR) is 156 cm³/mol. The number of ether oxygens (including phenoxy) is 2. The molecule has 0 radical (unpaired) electrons. The van der Waals surface area contributed by atoms with Crippen molar-refractivity contribution >= 4 is 31.9 Å². The van der Waals surface area contributed by atoms with Gasteiger partial charge < -0.3 is 18.8 Å². The highest BCUT2D eigenvalue weighted by molar-refractivity contribution is 6.74. The van der Waals surface area contributed by atoms with Gasteiger partial charge in [-0.1, -0.05) is 46.3 Å². The van der Waals surface area contributed by atoms with E-state index in [1.165, 1.54) is 35.2 Å². The van der Waals surface area contributed by atoms with Gasteiger partial charge >= 0.3 is 11.9 Å². The van der Waals surface area contributed by atoms with Crippen LogP contribution in [0.4, 0.5) is 5.69 Å². The van der Waals surface area contributed by atoms with Crippen LogP contribution in [0, 0.1) is 27.9 Å². The number of carbonyl (C=O) groups is 3. The molecular weight excluding hydrogens is 544 g/mol. The fourth-order valence-corrected chi connectivity index (χ4v) is 7.07. The smallest absolute Gasteiger partial charge is 0.325 e. The fourth-order valence-electron chi connectivity index (χ4n) is 5.64. The molecule has 1 aromatic carbocycles. The number of carbonyl (C=O) groups excluding carboxylic acids is 3. The van der Waals surface area contributed by atoms with Gasteiger partial charge in [0.25, 0.3) is 5.69 Å². The molecule has 1 aliphatic carbocycles. The molecule has 0 bridgehead atoms. The SMILES string of the molecule is C=CCOC(=O)[C@@H]1CCCC[C@H]1[C@H]1[C@@H]([C@@H](C)O[Si](C)(C)C(C)(C)C)C(=O)N1CC(=O)OCc1ccc([N+](=O)[O-])cc1. The molecule has 2 aliphatic rings. The van der Waals surface area contributed by atoms with Gasteiger partial charge in [0.1, 0.15) is 19.8 Å². The normalized spacial score (nSPS) is 23.8. The van der Waals surface area contributed by atoms with E-state index in [0.717, 1.165) is 19.3 Å². The van der Waals surface area contributed by atoms with Crippen molar-refractivity contribution in [2.45, 2.75) is 90.3 Å². The first-order valence-electron chi connectivity index (χ1n) is 14.3. The van der Waals surface area contributed by atoms with Gasteiger partial charge in [-0.3, -0.25) is 24.5 Å². The Labute approximate surface area is 243 Å². The Morgan fingerprint density at radius 1 is 1.17 bits per heavy atom. The number of nitro groups is 1. The Kier molecular flexibility index (Phi) is 10.5. The molecule has 0 unspecified atom stereocenters. The Balaban J connectivity index is 1.80. The summed E-state index contributed by atoms with van der Waals surface area (Å²) in [6.45, 7) is 16.1. The molecule has 1 aliphatic heterocycles. The Bertz CT molecular complexity index is 1130. The third-order valence-corrected chi connectivity index (χ3v) is 13.4. The maximum atomic E-state index is 13.6. The minimum absolute atomic E-state index is 0.0488. The second kappa shape index (κ2) is 13.3. The van der Waals surface area contributed by atoms with E-state index < -0.39 is 25.1 Å². The third-order valence-electron chi connectivity index (χ3n) is 8.84. The van der Waals surface area contributed by atoms with E-state index in [4.69, 9.17) is 13.9 Å². The molecular formula is C30H44N2O8Si. The molecule has 1 heterocycles. The van der Waals surface area contributed by atoms with Crippen LogP contribution < -0.4 is 0 Å². The van der Waals surface area contributed by atoms with Crippen molar-refractivity contribution in [3.8, 4) is 0 Å². The minimum atomic E-state index is -2.20. The van der Waals surface area contributed by atoms with Gasteiger partial charge in [-0.15, -0.1) is 0 Å². The molecule has 2 fully saturated rings. The number of amides is 1. The van der Waals surface area contributed by atoms with E-state index in [-0.39, 0.29) is 66.3 Å². The van der Waals surface area contributed by atoms with Crippen molar-refractivity contribution < 1.29 is 33.2 Å². The fraction of sp³-hybridized carbons (Fsp3) is 0.633. The first kappa shape index (κ1) is 32.5. The van der Waals surface area contributed by atoms with Crippen LogP contribution in [0.15, 0.2) is 36.9 Å². The Morgan fingerprint density at radius 2 is 1.80 bits per heavy atom. The summed E-state index contributed by atoms with van der Waals surface area (Å²) in [6.07, 6.45) is 4.37. The van der Waals surface area contributed by atoms with Gasteiger partial charge in [-0.05, 0) is 61.5 Å². The van der Waals surface area contributed by atoms with Gasteiger partial charge in [0, 0.05) is 12.1 Å². The molecule has 11 heteroatoms. The topological polar surface area (TPSA) is 125 Å². The van der Waals surface area contributed by atoms with Crippen LogP contribution >= 0.6 is 0 Å². The second-order valence-corrected chi connectivity index (χ2v) is 17.4. The number of β-lactam (4-membered cyclic amide) rings is 1. The summed E-state index contributed by atoms with van der Waals surface area (Å²) in [7, 11) is -2.20. The Morgan fingerprint density at radius 3 is 2.39 bits per heavy atom. The van der Waals surface area contributed by atoms with E-state index >= 15 is 0 Å². The lowest BCUT2D eigenvalue weighted by Crippen LogP contribution is -2.70. The summed E-state index contributed by atoms with van der Waals surface area (Å²) in [5.74, 6) is -2.10. The number of non-ortho nitro benzene ring substituents is 1. The largest absolute Gasteiger partial charge is 0.461 e. The first-order chi connectivity index (χ1) is 19.2. The van der Waals surface area contributed by atoms with Crippen molar-refractivity contribution in [3.63, 3.8) is 0 Å². The number of hydrogen-bond donors (Lipinski definition) is 0. The number of likely N-dealkylation sites (tertiary alicyclic amines) is 1. The molecule has 0 aromatic heterocycles. The maximum Gasteiger partial charge on any atom is 0.325 e. The number of esters is 2. The zero-order chi connectivity index (χ0) is 30.5. The first-order valence-corrected chi connectivity index (χ1v) is 17.2. The zero-order valence-electron chi connectivity index (χ0n) is 25.1. The van der Waals surface area contributed by atoms with E-state index in [1.807, 2.05) is 6.92 Å². The molecule has 10 nitrogen and oxygen atoms in total. The second-order valence-electron chi connectivity index (χ2n) is 12.6. The monoisotopic (exact) mass is 588 g/mol. The number of nitro benzene ring substituents is 1. The molecule has 0 spiro atoms. The number of hydrogen-bond acceptors (Lipinski definition) is 8. The number of nitrogens with zero attached hydrogens (tertiary/aromatic N) is 2. The molecule has 1 amide bonds. The lowest BCUT2D eigenvalue weighted by Gasteiger charge is -2.55. The third kappa shape index (κ3) is 7.62. The predicted octanol–water partition coefficient (Wildman–Crippen LogP) is 5.41. The summed E-state index contributed by atoms with van der Waals surface area (Å²) < 4.78 is 17.5. The highest BCUT2D eigenvalue weighted by Crippen LogP contribution is 2.46. The Hall–Kier alpha value is -3.05. The molecule has 1 aromatic rings. The quantitative estimate of drug-likeness (QED) is 0.0792. The number of benzene rings is 1. The molecule has 3 rings (SSSR count). The molecule has 5 atom stereocenters. The van der Waals surface area contributed by atoms with Crippen molar-refractivity contribution in [1.82, 2.24) is 4.90 Å². The lowest BCUT2D eigenvalue weighted by atomic mass is 9.66. The van der Waals surface area contributed by atoms with Crippen LogP contribution in [0.2, 0.25) is 18.1 Å². The summed E-state index contributed by atoms with van der Waals surface area (Å²) in [5, 5.41) is 10.8. The summed E-state index contributed by atoms with van der Waals surface area (Å²) in [4.78, 5) is 51.5. The average Bonchev–Trinajstić information content (AvgIpc) is 2.91. The standard InChI is InChI=1S/C30H44N2O8Si/c1-8-17-38-29(35)24-12-10-9-11-23(24)27-26(20(2)40-41(6,7)30(3,4)5)28(34)31(27)18-25(33)39-19-21-13-15-22(16-14-21)32(36)37/h8,13-16,20,23-24,26-27H,1,9-12,17-19H2,2-7H3/t20-,23-,24-,26-,27+/m1/s1. The molecule has 0 N–H and O–H groups in total. The van der Waals surface area contributed by atoms with Crippen molar-refractivity contribution in [2.75, 3.05) is 13.2 Å². The van der Waals surface area contributed by atoms with E-state index in [9.17, 15) is 24.5 Å². The number of rotatable bonds is 12. The van der Waals surface area contributed by atoms with Crippen LogP contribution in [0.3, 0.4) is 0 Å². The van der Waals surface area contributed by atoms with Gasteiger partial charge in [-0.2, -0.15) is 0 Å². The molecule has 1 saturated heterocycles. The average molecular weight is 589 g/mol. The maximum absolute atomic E-state index is 13.6. The van der Waals surface area contributed by atoms with Crippen molar-refractivity contribution in [3.05, 3.63) is 52.6 Å². The van der Waals surface area contributed by atoms with Crippen LogP contribution in [-0.4, -0.2) is 61.3 Å². The highest BCUT2D eigenvalue weighted by Gasteiger charge is 2.57. The van der Waals surface area contributed by atoms with Gasteiger partial charge in [-0.25, -0.2) is 0 Å². The minimum Gasteiger partial charge on any atom is -0.461 e. The van der Waals surface area contributed by atoms with Gasteiger partial charge in [0.05, 0.1) is 28.9 Å². The van der Waals surface area contributed by atoms with Crippen molar-refractivity contribution in [2.24, 2.45) is 17.8 Å². The summed E-state index contributed by atoms with van der Waals surface area (Å²) >= 11 is 0. The highest BCUT2D eigenvalue weighted by atomic mass is 28.4. The molecule has 1 saturated carbocycles. The van der Waals surface area contributed by atoms with Gasteiger partial charge in [0.15, 0.2) is 8.32 Å². The van der Waals surface area contributed by atoms with Crippen molar-refractivity contribution in [1.29, 1.82) is 0 Å². The van der Waals surface area contributed by atoms with Crippen LogP contribution in [0.1, 0.15) is 58.9 Å². The van der Waals surface area contributed by atoms with Crippen LogP contribution in [0.5, 0.6) is 0 Å². The van der Waals surface area contributed by atoms with Crippen LogP contribution in [-0.2, 0) is 34.9 Å². The van der Waals surface area contributed by atoms with E-state index in [0.29, 0.717) is 12.0 Å². The van der Waals surface area contributed by atoms with Crippen LogP contribution in [0.25, 0.3) is 0 Å². The molecule has 41 heavy (non-hydrogen) atoms. The molecule has 226 valence electrons. The van der Waals surface area contributed by atoms with Gasteiger partial charge in [0.2, 0.25) is 5.91 Å². The summed E-state index contributed by atoms with van der Waals surface area (Å²) in [5.41, 5.74) is 0.546. The zero-order valence-corrected chi connectivity index (χ0v) is 26.1. The summed E-state index contributed by atoms with van der Waals surface area (Å²) in [6, 6.07) is 5.39. The van der Waals surface area contributed by atoms with E-state index in [2.05, 4.69) is 40.4 Å². The lowest BCUT2D eigenvalue weighted by molar-refractivity contribution is -0.384.